The van der Waals surface area contributed by atoms with Crippen LogP contribution in [0.3, 0.4) is 0 Å². The van der Waals surface area contributed by atoms with Crippen molar-refractivity contribution in [1.82, 2.24) is 25.2 Å². The number of carbonyl (C=O) groups is 2. The average molecular weight is 490 g/mol. The van der Waals surface area contributed by atoms with Crippen molar-refractivity contribution in [2.24, 2.45) is 0 Å². The molecule has 1 atom stereocenters. The summed E-state index contributed by atoms with van der Waals surface area (Å²) >= 11 is 0. The largest absolute Gasteiger partial charge is 0.491 e. The molecular formula is C27H31N5O4. The van der Waals surface area contributed by atoms with Crippen LogP contribution >= 0.6 is 0 Å². The van der Waals surface area contributed by atoms with Crippen LogP contribution in [-0.4, -0.2) is 64.5 Å². The van der Waals surface area contributed by atoms with E-state index in [0.29, 0.717) is 43.4 Å². The van der Waals surface area contributed by atoms with Crippen LogP contribution in [0.2, 0.25) is 0 Å². The van der Waals surface area contributed by atoms with Gasteiger partial charge in [-0.3, -0.25) is 14.6 Å². The van der Waals surface area contributed by atoms with Gasteiger partial charge in [0.2, 0.25) is 0 Å². The summed E-state index contributed by atoms with van der Waals surface area (Å²) in [6.45, 7) is 5.80. The van der Waals surface area contributed by atoms with Gasteiger partial charge in [-0.25, -0.2) is 9.97 Å². The first-order valence-corrected chi connectivity index (χ1v) is 12.2. The molecule has 0 fully saturated rings. The van der Waals surface area contributed by atoms with Crippen molar-refractivity contribution >= 4 is 11.8 Å². The summed E-state index contributed by atoms with van der Waals surface area (Å²) in [6.07, 6.45) is 7.23. The normalized spacial score (nSPS) is 14.4. The van der Waals surface area contributed by atoms with Crippen molar-refractivity contribution in [3.05, 3.63) is 65.7 Å². The lowest BCUT2D eigenvalue weighted by Gasteiger charge is -2.28. The highest BCUT2D eigenvalue weighted by atomic mass is 16.5. The highest BCUT2D eigenvalue weighted by molar-refractivity contribution is 5.96. The topological polar surface area (TPSA) is 107 Å². The fraction of sp³-hybridized carbons (Fsp3) is 0.370. The van der Waals surface area contributed by atoms with Crippen LogP contribution in [0.4, 0.5) is 0 Å². The zero-order valence-corrected chi connectivity index (χ0v) is 20.9. The molecule has 9 heteroatoms. The number of benzene rings is 1. The molecule has 1 N–H and O–H groups in total. The third-order valence-corrected chi connectivity index (χ3v) is 6.00. The SMILES string of the molecule is CCCN(CCC)C(=O)c1ccc(C(=O)N[C@@H]2COc3cccc(-c4cnc(OC)nc4)c3C2)cn1. The zero-order chi connectivity index (χ0) is 25.5. The molecule has 0 aliphatic carbocycles. The molecule has 1 aliphatic heterocycles. The maximum atomic E-state index is 12.9. The highest BCUT2D eigenvalue weighted by Crippen LogP contribution is 2.34. The van der Waals surface area contributed by atoms with Crippen molar-refractivity contribution in [3.8, 4) is 22.9 Å². The van der Waals surface area contributed by atoms with E-state index >= 15 is 0 Å². The molecular weight excluding hydrogens is 458 g/mol. The fourth-order valence-corrected chi connectivity index (χ4v) is 4.27. The van der Waals surface area contributed by atoms with E-state index in [1.54, 1.807) is 29.4 Å². The molecule has 0 saturated heterocycles. The van der Waals surface area contributed by atoms with Crippen LogP contribution in [0.25, 0.3) is 11.1 Å². The minimum absolute atomic E-state index is 0.113. The highest BCUT2D eigenvalue weighted by Gasteiger charge is 2.25. The standard InChI is InChI=1S/C27H31N5O4/c1-4-11-32(12-5-2)26(34)23-10-9-18(14-28-23)25(33)31-20-13-22-21(7-6-8-24(22)36-17-20)19-15-29-27(35-3)30-16-19/h6-10,14-16,20H,4-5,11-13,17H2,1-3H3,(H,31,33)/t20-/m0/s1. The summed E-state index contributed by atoms with van der Waals surface area (Å²) in [6, 6.07) is 9.16. The first-order valence-electron chi connectivity index (χ1n) is 12.2. The predicted molar refractivity (Wildman–Crippen MR) is 135 cm³/mol. The number of ether oxygens (including phenoxy) is 2. The molecule has 188 valence electrons. The second-order valence-electron chi connectivity index (χ2n) is 8.65. The molecule has 1 aliphatic rings. The molecule has 3 heterocycles. The third-order valence-electron chi connectivity index (χ3n) is 6.00. The Balaban J connectivity index is 1.44. The molecule has 0 spiro atoms. The fourth-order valence-electron chi connectivity index (χ4n) is 4.27. The van der Waals surface area contributed by atoms with Gasteiger partial charge in [0.25, 0.3) is 11.8 Å². The number of methoxy groups -OCH3 is 1. The van der Waals surface area contributed by atoms with E-state index < -0.39 is 0 Å². The lowest BCUT2D eigenvalue weighted by atomic mass is 9.94. The van der Waals surface area contributed by atoms with Crippen molar-refractivity contribution in [2.45, 2.75) is 39.2 Å². The van der Waals surface area contributed by atoms with Gasteiger partial charge in [0.05, 0.1) is 18.7 Å². The molecule has 9 nitrogen and oxygen atoms in total. The smallest absolute Gasteiger partial charge is 0.316 e. The zero-order valence-electron chi connectivity index (χ0n) is 20.9. The maximum absolute atomic E-state index is 12.9. The van der Waals surface area contributed by atoms with E-state index in [0.717, 1.165) is 35.3 Å². The minimum Gasteiger partial charge on any atom is -0.491 e. The van der Waals surface area contributed by atoms with Gasteiger partial charge in [-0.05, 0) is 36.6 Å². The van der Waals surface area contributed by atoms with Crippen molar-refractivity contribution in [2.75, 3.05) is 26.8 Å². The van der Waals surface area contributed by atoms with E-state index in [4.69, 9.17) is 9.47 Å². The van der Waals surface area contributed by atoms with Crippen LogP contribution < -0.4 is 14.8 Å². The summed E-state index contributed by atoms with van der Waals surface area (Å²) in [7, 11) is 1.52. The summed E-state index contributed by atoms with van der Waals surface area (Å²) in [5, 5.41) is 3.03. The number of pyridine rings is 1. The Morgan fingerprint density at radius 1 is 1.06 bits per heavy atom. The lowest BCUT2D eigenvalue weighted by molar-refractivity contribution is 0.0748. The molecule has 0 saturated carbocycles. The molecule has 0 unspecified atom stereocenters. The molecule has 36 heavy (non-hydrogen) atoms. The Hall–Kier alpha value is -4.01. The van der Waals surface area contributed by atoms with Crippen LogP contribution in [0.1, 0.15) is 53.1 Å². The van der Waals surface area contributed by atoms with Crippen LogP contribution in [-0.2, 0) is 6.42 Å². The van der Waals surface area contributed by atoms with Gasteiger partial charge in [0, 0.05) is 49.2 Å². The first-order chi connectivity index (χ1) is 17.5. The number of amides is 2. The monoisotopic (exact) mass is 489 g/mol. The van der Waals surface area contributed by atoms with E-state index in [1.807, 2.05) is 32.0 Å². The number of hydrogen-bond donors (Lipinski definition) is 1. The van der Waals surface area contributed by atoms with E-state index in [-0.39, 0.29) is 17.9 Å². The van der Waals surface area contributed by atoms with Gasteiger partial charge in [0.1, 0.15) is 18.1 Å². The molecule has 2 aromatic heterocycles. The number of aromatic nitrogens is 3. The van der Waals surface area contributed by atoms with Gasteiger partial charge >= 0.3 is 6.01 Å². The van der Waals surface area contributed by atoms with Gasteiger partial charge < -0.3 is 19.7 Å². The number of hydrogen-bond acceptors (Lipinski definition) is 7. The number of rotatable bonds is 9. The number of carbonyl (C=O) groups excluding carboxylic acids is 2. The Bertz CT molecular complexity index is 1190. The van der Waals surface area contributed by atoms with Crippen molar-refractivity contribution in [3.63, 3.8) is 0 Å². The Labute approximate surface area is 210 Å². The van der Waals surface area contributed by atoms with Crippen LogP contribution in [0.15, 0.2) is 48.9 Å². The van der Waals surface area contributed by atoms with Crippen LogP contribution in [0.5, 0.6) is 11.8 Å². The van der Waals surface area contributed by atoms with Gasteiger partial charge in [-0.1, -0.05) is 26.0 Å². The second-order valence-corrected chi connectivity index (χ2v) is 8.65. The average Bonchev–Trinajstić information content (AvgIpc) is 2.92. The number of nitrogens with zero attached hydrogens (tertiary/aromatic N) is 4. The quantitative estimate of drug-likeness (QED) is 0.490. The van der Waals surface area contributed by atoms with E-state index in [9.17, 15) is 9.59 Å². The lowest BCUT2D eigenvalue weighted by Crippen LogP contribution is -2.43. The van der Waals surface area contributed by atoms with Gasteiger partial charge in [-0.15, -0.1) is 0 Å². The Morgan fingerprint density at radius 2 is 1.81 bits per heavy atom. The van der Waals surface area contributed by atoms with Crippen LogP contribution in [0, 0.1) is 0 Å². The van der Waals surface area contributed by atoms with Gasteiger partial charge in [0.15, 0.2) is 0 Å². The summed E-state index contributed by atoms with van der Waals surface area (Å²) in [5.74, 6) is 0.405. The summed E-state index contributed by atoms with van der Waals surface area (Å²) < 4.78 is 11.0. The molecule has 0 radical (unpaired) electrons. The molecule has 4 rings (SSSR count). The first kappa shape index (κ1) is 25.1. The van der Waals surface area contributed by atoms with E-state index in [2.05, 4.69) is 20.3 Å². The van der Waals surface area contributed by atoms with Crippen molar-refractivity contribution in [1.29, 1.82) is 0 Å². The summed E-state index contributed by atoms with van der Waals surface area (Å²) in [4.78, 5) is 40.2. The Morgan fingerprint density at radius 3 is 2.44 bits per heavy atom. The predicted octanol–water partition coefficient (Wildman–Crippen LogP) is 3.54. The maximum Gasteiger partial charge on any atom is 0.316 e. The van der Waals surface area contributed by atoms with E-state index in [1.165, 1.54) is 13.3 Å². The molecule has 3 aromatic rings. The van der Waals surface area contributed by atoms with Gasteiger partial charge in [-0.2, -0.15) is 0 Å². The minimum atomic E-state index is -0.261. The summed E-state index contributed by atoms with van der Waals surface area (Å²) in [5.41, 5.74) is 3.51. The molecule has 2 amide bonds. The number of fused-ring (bicyclic) bond motifs is 1. The molecule has 1 aromatic carbocycles. The Kier molecular flexibility index (Phi) is 8.10. The number of nitrogens with one attached hydrogen (secondary N) is 1. The second kappa shape index (κ2) is 11.6. The molecule has 0 bridgehead atoms. The van der Waals surface area contributed by atoms with Crippen molar-refractivity contribution < 1.29 is 19.1 Å². The third kappa shape index (κ3) is 5.62.